The second kappa shape index (κ2) is 8.35. The predicted octanol–water partition coefficient (Wildman–Crippen LogP) is 6.51. The van der Waals surface area contributed by atoms with Crippen molar-refractivity contribution in [2.24, 2.45) is 0 Å². The van der Waals surface area contributed by atoms with Crippen LogP contribution < -0.4 is 0 Å². The number of hydrogen-bond donors (Lipinski definition) is 0. The largest absolute Gasteiger partial charge is 0.462 e. The first kappa shape index (κ1) is 31.0. The van der Waals surface area contributed by atoms with Crippen molar-refractivity contribution in [3.63, 3.8) is 0 Å². The highest BCUT2D eigenvalue weighted by atomic mass is 19.4. The lowest BCUT2D eigenvalue weighted by molar-refractivity contribution is -0.460. The van der Waals surface area contributed by atoms with Crippen molar-refractivity contribution < 1.29 is 84.2 Å². The molecule has 0 unspecified atom stereocenters. The van der Waals surface area contributed by atoms with Gasteiger partial charge in [-0.05, 0) is 6.42 Å². The lowest BCUT2D eigenvalue weighted by Gasteiger charge is -2.42. The highest BCUT2D eigenvalue weighted by Gasteiger charge is 2.95. The molecule has 0 fully saturated rings. The Bertz CT molecular complexity index is 749. The van der Waals surface area contributed by atoms with Crippen LogP contribution in [0.15, 0.2) is 12.2 Å². The number of carbonyl (C=O) groups excluding carboxylic acids is 1. The van der Waals surface area contributed by atoms with Crippen LogP contribution in [0.1, 0.15) is 13.3 Å². The molecule has 0 aromatic carbocycles. The van der Waals surface area contributed by atoms with Crippen LogP contribution in [0.4, 0.5) is 74.6 Å². The van der Waals surface area contributed by atoms with Crippen molar-refractivity contribution in [3.8, 4) is 0 Å². The van der Waals surface area contributed by atoms with Crippen molar-refractivity contribution in [3.05, 3.63) is 12.2 Å². The van der Waals surface area contributed by atoms with E-state index in [9.17, 15) is 79.4 Å². The van der Waals surface area contributed by atoms with E-state index < -0.39 is 65.8 Å². The van der Waals surface area contributed by atoms with Crippen LogP contribution in [0.25, 0.3) is 0 Å². The molecule has 196 valence electrons. The molecule has 0 rings (SSSR count). The third-order valence-electron chi connectivity index (χ3n) is 3.78. The molecule has 0 saturated heterocycles. The molecule has 0 heterocycles. The van der Waals surface area contributed by atoms with Gasteiger partial charge in [-0.25, -0.2) is 4.79 Å². The van der Waals surface area contributed by atoms with E-state index in [-0.39, 0.29) is 6.42 Å². The molecular weight excluding hydrogens is 523 g/mol. The molecule has 0 amide bonds. The summed E-state index contributed by atoms with van der Waals surface area (Å²) in [6, 6.07) is 0. The summed E-state index contributed by atoms with van der Waals surface area (Å²) in [5.74, 6) is -60.4. The smallest absolute Gasteiger partial charge is 0.460 e. The molecule has 33 heavy (non-hydrogen) atoms. The molecule has 0 aliphatic carbocycles. The maximum absolute atomic E-state index is 13.7. The molecule has 2 nitrogen and oxygen atoms in total. The summed E-state index contributed by atoms with van der Waals surface area (Å²) >= 11 is 0. The van der Waals surface area contributed by atoms with Gasteiger partial charge in [0.2, 0.25) is 0 Å². The molecule has 0 aliphatic heterocycles. The van der Waals surface area contributed by atoms with Crippen LogP contribution in [-0.2, 0) is 9.53 Å². The molecule has 0 aromatic heterocycles. The van der Waals surface area contributed by atoms with Gasteiger partial charge in [-0.3, -0.25) is 0 Å². The Labute approximate surface area is 171 Å². The van der Waals surface area contributed by atoms with Gasteiger partial charge in [0.1, 0.15) is 5.57 Å². The van der Waals surface area contributed by atoms with Gasteiger partial charge < -0.3 is 4.74 Å². The highest BCUT2D eigenvalue weighted by Crippen LogP contribution is 2.64. The molecule has 0 aliphatic rings. The molecule has 0 N–H and O–H groups in total. The number of ether oxygens (including phenoxy) is 1. The summed E-state index contributed by atoms with van der Waals surface area (Å²) in [5, 5.41) is 0. The molecular formula is C14H9F17O2. The first-order valence-electron chi connectivity index (χ1n) is 7.72. The van der Waals surface area contributed by atoms with Gasteiger partial charge in [0.15, 0.2) is 0 Å². The van der Waals surface area contributed by atoms with Gasteiger partial charge in [0.05, 0.1) is 6.61 Å². The zero-order chi connectivity index (χ0) is 27.3. The van der Waals surface area contributed by atoms with E-state index in [0.717, 1.165) is 6.92 Å². The van der Waals surface area contributed by atoms with Crippen molar-refractivity contribution in [2.45, 2.75) is 61.0 Å². The molecule has 0 saturated carbocycles. The average molecular weight is 532 g/mol. The third-order valence-corrected chi connectivity index (χ3v) is 3.78. The number of alkyl halides is 17. The second-order valence-corrected chi connectivity index (χ2v) is 6.13. The zero-order valence-corrected chi connectivity index (χ0v) is 15.4. The first-order chi connectivity index (χ1) is 14.1. The minimum Gasteiger partial charge on any atom is -0.462 e. The first-order valence-corrected chi connectivity index (χ1v) is 7.72. The summed E-state index contributed by atoms with van der Waals surface area (Å²) in [5.41, 5.74) is -3.09. The Morgan fingerprint density at radius 1 is 0.606 bits per heavy atom. The lowest BCUT2D eigenvalue weighted by Crippen LogP contribution is -2.74. The fourth-order valence-electron chi connectivity index (χ4n) is 1.76. The average Bonchev–Trinajstić information content (AvgIpc) is 2.63. The van der Waals surface area contributed by atoms with Crippen LogP contribution >= 0.6 is 0 Å². The normalized spacial score (nSPS) is 15.5. The van der Waals surface area contributed by atoms with Crippen LogP contribution in [0.5, 0.6) is 0 Å². The highest BCUT2D eigenvalue weighted by molar-refractivity contribution is 5.90. The summed E-state index contributed by atoms with van der Waals surface area (Å²) in [7, 11) is 0. The third kappa shape index (κ3) is 4.19. The van der Waals surface area contributed by atoms with E-state index >= 15 is 0 Å². The van der Waals surface area contributed by atoms with E-state index in [0.29, 0.717) is 0 Å². The number of halogens is 17. The summed E-state index contributed by atoms with van der Waals surface area (Å²) in [6.45, 7) is 2.11. The maximum Gasteiger partial charge on any atom is 0.460 e. The fraction of sp³-hybridized carbons (Fsp3) is 0.786. The van der Waals surface area contributed by atoms with Crippen molar-refractivity contribution in [2.75, 3.05) is 6.61 Å². The van der Waals surface area contributed by atoms with Crippen LogP contribution in [-0.4, -0.2) is 60.2 Å². The Hall–Kier alpha value is -1.98. The summed E-state index contributed by atoms with van der Waals surface area (Å²) in [6.07, 6.45) is -8.06. The summed E-state index contributed by atoms with van der Waals surface area (Å²) in [4.78, 5) is 11.1. The number of carbonyl (C=O) groups is 1. The molecule has 19 heteroatoms. The van der Waals surface area contributed by atoms with Crippen molar-refractivity contribution in [1.29, 1.82) is 0 Å². The monoisotopic (exact) mass is 532 g/mol. The van der Waals surface area contributed by atoms with Gasteiger partial charge >= 0.3 is 53.6 Å². The minimum atomic E-state index is -8.73. The van der Waals surface area contributed by atoms with Crippen molar-refractivity contribution in [1.82, 2.24) is 0 Å². The Morgan fingerprint density at radius 3 is 1.21 bits per heavy atom. The van der Waals surface area contributed by atoms with E-state index in [2.05, 4.69) is 4.74 Å². The zero-order valence-electron chi connectivity index (χ0n) is 15.4. The lowest BCUT2D eigenvalue weighted by atomic mass is 9.87. The SMILES string of the molecule is C=C(C(=O)OCCC)C(F)(F)C(F)(F)C(F)(F)C(F)(F)C(F)(F)C(F)(F)C(F)(F)C(F)(F)F. The minimum absolute atomic E-state index is 0.232. The van der Waals surface area contributed by atoms with Gasteiger partial charge in [-0.1, -0.05) is 13.5 Å². The molecule has 0 radical (unpaired) electrons. The van der Waals surface area contributed by atoms with Crippen molar-refractivity contribution >= 4 is 5.97 Å². The van der Waals surface area contributed by atoms with Crippen LogP contribution in [0.3, 0.4) is 0 Å². The van der Waals surface area contributed by atoms with Gasteiger partial charge in [0.25, 0.3) is 0 Å². The van der Waals surface area contributed by atoms with Gasteiger partial charge in [-0.15, -0.1) is 0 Å². The van der Waals surface area contributed by atoms with E-state index in [1.54, 1.807) is 0 Å². The number of hydrogen-bond acceptors (Lipinski definition) is 2. The quantitative estimate of drug-likeness (QED) is 0.182. The van der Waals surface area contributed by atoms with Crippen LogP contribution in [0, 0.1) is 0 Å². The Kier molecular flexibility index (Phi) is 7.85. The van der Waals surface area contributed by atoms with Crippen LogP contribution in [0.2, 0.25) is 0 Å². The maximum atomic E-state index is 13.7. The fourth-order valence-corrected chi connectivity index (χ4v) is 1.76. The van der Waals surface area contributed by atoms with Gasteiger partial charge in [0, 0.05) is 0 Å². The standard InChI is InChI=1S/C14H9F17O2/c1-3-4-33-6(32)5(2)7(15,16)8(17,18)9(19,20)10(21,22)11(23,24)12(25,26)13(27,28)14(29,30)31/h2-4H2,1H3. The molecule has 0 aromatic rings. The molecule has 0 spiro atoms. The van der Waals surface area contributed by atoms with E-state index in [4.69, 9.17) is 0 Å². The van der Waals surface area contributed by atoms with E-state index in [1.807, 2.05) is 6.58 Å². The Morgan fingerprint density at radius 2 is 0.909 bits per heavy atom. The second-order valence-electron chi connectivity index (χ2n) is 6.13. The number of rotatable bonds is 10. The van der Waals surface area contributed by atoms with Gasteiger partial charge in [-0.2, -0.15) is 74.6 Å². The topological polar surface area (TPSA) is 26.3 Å². The van der Waals surface area contributed by atoms with E-state index in [1.165, 1.54) is 0 Å². The predicted molar refractivity (Wildman–Crippen MR) is 71.1 cm³/mol. The molecule has 0 bridgehead atoms. The molecule has 0 atom stereocenters. The summed E-state index contributed by atoms with van der Waals surface area (Å²) < 4.78 is 226. The number of esters is 1. The Balaban J connectivity index is 6.70.